The molecule has 0 amide bonds. The molecule has 0 bridgehead atoms. The largest absolute Gasteiger partial charge is 0.457 e. The van der Waals surface area contributed by atoms with Gasteiger partial charge in [-0.1, -0.05) is 30.7 Å². The monoisotopic (exact) mass is 366 g/mol. The molecule has 0 saturated heterocycles. The molecule has 0 unspecified atom stereocenters. The van der Waals surface area contributed by atoms with E-state index in [0.717, 1.165) is 28.1 Å². The Balaban J connectivity index is 1.38. The Hall–Kier alpha value is -3.40. The zero-order valence-electron chi connectivity index (χ0n) is 15.5. The number of benzene rings is 3. The summed E-state index contributed by atoms with van der Waals surface area (Å²) in [5, 5.41) is 5.77. The van der Waals surface area contributed by atoms with Gasteiger partial charge in [0.15, 0.2) is 5.82 Å². The highest BCUT2D eigenvalue weighted by atomic mass is 16.5. The maximum atomic E-state index is 5.85. The summed E-state index contributed by atoms with van der Waals surface area (Å²) in [7, 11) is 0. The average Bonchev–Trinajstić information content (AvgIpc) is 2.69. The summed E-state index contributed by atoms with van der Waals surface area (Å²) in [4.78, 5) is 8.83. The minimum atomic E-state index is 0.673. The van der Waals surface area contributed by atoms with Crippen molar-refractivity contribution in [2.75, 3.05) is 0 Å². The third kappa shape index (κ3) is 3.41. The van der Waals surface area contributed by atoms with E-state index in [9.17, 15) is 0 Å². The summed E-state index contributed by atoms with van der Waals surface area (Å²) in [6, 6.07) is 24.0. The van der Waals surface area contributed by atoms with Crippen LogP contribution in [0.2, 0.25) is 0 Å². The minimum absolute atomic E-state index is 0.673. The van der Waals surface area contributed by atoms with E-state index >= 15 is 0 Å². The van der Waals surface area contributed by atoms with E-state index in [-0.39, 0.29) is 0 Å². The van der Waals surface area contributed by atoms with Gasteiger partial charge >= 0.3 is 0 Å². The van der Waals surface area contributed by atoms with Crippen LogP contribution in [0.5, 0.6) is 11.5 Å². The van der Waals surface area contributed by atoms with Crippen LogP contribution >= 0.6 is 0 Å². The molecular weight excluding hydrogens is 346 g/mol. The molecule has 0 N–H and O–H groups in total. The Morgan fingerprint density at radius 3 is 2.36 bits per heavy atom. The molecule has 1 fully saturated rings. The van der Waals surface area contributed by atoms with Gasteiger partial charge in [0.1, 0.15) is 17.8 Å². The van der Waals surface area contributed by atoms with Gasteiger partial charge in [0.2, 0.25) is 0 Å². The molecule has 1 aliphatic carbocycles. The molecular formula is C24H20N3O. The SMILES string of the molecule is c1ccc(Oc2ccc([N]c3ncnc4ccc(C5CCC5)cc34)cc2)cc1. The topological polar surface area (TPSA) is 49.1 Å². The second-order valence-electron chi connectivity index (χ2n) is 7.12. The van der Waals surface area contributed by atoms with Gasteiger partial charge < -0.3 is 4.74 Å². The number of aromatic nitrogens is 2. The molecule has 4 heteroatoms. The van der Waals surface area contributed by atoms with E-state index < -0.39 is 0 Å². The van der Waals surface area contributed by atoms with Crippen molar-refractivity contribution in [1.82, 2.24) is 15.3 Å². The lowest BCUT2D eigenvalue weighted by Gasteiger charge is -2.26. The first kappa shape index (κ1) is 16.8. The van der Waals surface area contributed by atoms with Crippen LogP contribution in [-0.4, -0.2) is 9.97 Å². The molecule has 5 rings (SSSR count). The smallest absolute Gasteiger partial charge is 0.163 e. The predicted molar refractivity (Wildman–Crippen MR) is 111 cm³/mol. The molecule has 4 aromatic rings. The van der Waals surface area contributed by atoms with Gasteiger partial charge in [-0.3, -0.25) is 0 Å². The highest BCUT2D eigenvalue weighted by Crippen LogP contribution is 2.38. The molecule has 1 aromatic heterocycles. The van der Waals surface area contributed by atoms with Gasteiger partial charge in [-0.05, 0) is 72.9 Å². The molecule has 137 valence electrons. The standard InChI is InChI=1S/C24H20N3O/c1-2-7-20(8-3-1)28-21-12-10-19(11-13-21)27-24-22-15-18(17-5-4-6-17)9-14-23(22)25-16-26-24/h1-3,7-17H,4-6H2. The van der Waals surface area contributed by atoms with E-state index in [1.807, 2.05) is 54.6 Å². The lowest BCUT2D eigenvalue weighted by Crippen LogP contribution is -2.08. The Morgan fingerprint density at radius 1 is 0.821 bits per heavy atom. The molecule has 0 spiro atoms. The van der Waals surface area contributed by atoms with Gasteiger partial charge in [0.05, 0.1) is 11.2 Å². The van der Waals surface area contributed by atoms with E-state index in [0.29, 0.717) is 11.7 Å². The van der Waals surface area contributed by atoms with E-state index in [2.05, 4.69) is 28.2 Å². The van der Waals surface area contributed by atoms with Crippen LogP contribution in [0.25, 0.3) is 10.9 Å². The van der Waals surface area contributed by atoms with Crippen molar-refractivity contribution in [3.05, 3.63) is 84.7 Å². The third-order valence-electron chi connectivity index (χ3n) is 5.27. The average molecular weight is 366 g/mol. The number of rotatable bonds is 5. The highest BCUT2D eigenvalue weighted by molar-refractivity contribution is 5.88. The van der Waals surface area contributed by atoms with Crippen molar-refractivity contribution in [2.24, 2.45) is 0 Å². The number of ether oxygens (including phenoxy) is 1. The Labute approximate surface area is 164 Å². The lowest BCUT2D eigenvalue weighted by atomic mass is 9.80. The van der Waals surface area contributed by atoms with Crippen LogP contribution < -0.4 is 10.1 Å². The van der Waals surface area contributed by atoms with E-state index in [1.165, 1.54) is 24.8 Å². The second kappa shape index (κ2) is 7.31. The van der Waals surface area contributed by atoms with Gasteiger partial charge in [-0.25, -0.2) is 15.3 Å². The van der Waals surface area contributed by atoms with Crippen LogP contribution in [0.3, 0.4) is 0 Å². The molecule has 1 saturated carbocycles. The zero-order chi connectivity index (χ0) is 18.8. The first-order valence-corrected chi connectivity index (χ1v) is 9.64. The van der Waals surface area contributed by atoms with Crippen LogP contribution in [0.1, 0.15) is 30.7 Å². The minimum Gasteiger partial charge on any atom is -0.457 e. The lowest BCUT2D eigenvalue weighted by molar-refractivity contribution is 0.420. The van der Waals surface area contributed by atoms with Crippen LogP contribution in [0.15, 0.2) is 79.1 Å². The van der Waals surface area contributed by atoms with Crippen molar-refractivity contribution < 1.29 is 4.74 Å². The number of hydrogen-bond donors (Lipinski definition) is 0. The fourth-order valence-electron chi connectivity index (χ4n) is 3.48. The van der Waals surface area contributed by atoms with E-state index in [1.54, 1.807) is 6.33 Å². The summed E-state index contributed by atoms with van der Waals surface area (Å²) in [6.07, 6.45) is 5.45. The summed E-state index contributed by atoms with van der Waals surface area (Å²) in [5.74, 6) is 2.98. The molecule has 1 aliphatic rings. The van der Waals surface area contributed by atoms with Crippen molar-refractivity contribution >= 4 is 22.4 Å². The van der Waals surface area contributed by atoms with Crippen LogP contribution in [0.4, 0.5) is 11.5 Å². The molecule has 4 nitrogen and oxygen atoms in total. The first-order chi connectivity index (χ1) is 13.8. The third-order valence-corrected chi connectivity index (χ3v) is 5.27. The Kier molecular flexibility index (Phi) is 4.37. The number of fused-ring (bicyclic) bond motifs is 1. The highest BCUT2D eigenvalue weighted by Gasteiger charge is 2.20. The second-order valence-corrected chi connectivity index (χ2v) is 7.12. The van der Waals surface area contributed by atoms with Crippen molar-refractivity contribution in [1.29, 1.82) is 0 Å². The summed E-state index contributed by atoms with van der Waals surface area (Å²) in [6.45, 7) is 0. The van der Waals surface area contributed by atoms with Gasteiger partial charge in [0.25, 0.3) is 0 Å². The van der Waals surface area contributed by atoms with Crippen molar-refractivity contribution in [2.45, 2.75) is 25.2 Å². The fraction of sp³-hybridized carbons (Fsp3) is 0.167. The zero-order valence-corrected chi connectivity index (χ0v) is 15.5. The van der Waals surface area contributed by atoms with Crippen molar-refractivity contribution in [3.63, 3.8) is 0 Å². The summed E-state index contributed by atoms with van der Waals surface area (Å²) in [5.41, 5.74) is 3.15. The van der Waals surface area contributed by atoms with E-state index in [4.69, 9.17) is 10.1 Å². The van der Waals surface area contributed by atoms with Crippen molar-refractivity contribution in [3.8, 4) is 11.5 Å². The van der Waals surface area contributed by atoms with Crippen LogP contribution in [-0.2, 0) is 0 Å². The molecule has 1 heterocycles. The Morgan fingerprint density at radius 2 is 1.61 bits per heavy atom. The van der Waals surface area contributed by atoms with Gasteiger partial charge in [-0.2, -0.15) is 0 Å². The number of nitrogens with zero attached hydrogens (tertiary/aromatic N) is 3. The maximum Gasteiger partial charge on any atom is 0.163 e. The number of para-hydroxylation sites is 1. The van der Waals surface area contributed by atoms with Gasteiger partial charge in [0, 0.05) is 5.39 Å². The quantitative estimate of drug-likeness (QED) is 0.419. The fourth-order valence-corrected chi connectivity index (χ4v) is 3.48. The van der Waals surface area contributed by atoms with Gasteiger partial charge in [-0.15, -0.1) is 0 Å². The molecule has 28 heavy (non-hydrogen) atoms. The summed E-state index contributed by atoms with van der Waals surface area (Å²) >= 11 is 0. The molecule has 1 radical (unpaired) electrons. The first-order valence-electron chi connectivity index (χ1n) is 9.64. The predicted octanol–water partition coefficient (Wildman–Crippen LogP) is 6.26. The van der Waals surface area contributed by atoms with Crippen LogP contribution in [0, 0.1) is 0 Å². The maximum absolute atomic E-state index is 5.85. The normalized spacial score (nSPS) is 13.9. The Bertz CT molecular complexity index is 1090. The molecule has 0 atom stereocenters. The summed E-state index contributed by atoms with van der Waals surface area (Å²) < 4.78 is 5.85. The molecule has 0 aliphatic heterocycles. The molecule has 3 aromatic carbocycles. The number of hydrogen-bond acceptors (Lipinski definition) is 3.